The number of hydrogen-bond donors (Lipinski definition) is 2. The third-order valence-corrected chi connectivity index (χ3v) is 5.81. The molecule has 0 saturated carbocycles. The molecule has 26 heavy (non-hydrogen) atoms. The summed E-state index contributed by atoms with van der Waals surface area (Å²) in [5, 5.41) is 0. The summed E-state index contributed by atoms with van der Waals surface area (Å²) >= 11 is 0. The molecule has 1 aliphatic heterocycles. The van der Waals surface area contributed by atoms with Gasteiger partial charge in [-0.15, -0.1) is 12.4 Å². The van der Waals surface area contributed by atoms with Gasteiger partial charge >= 0.3 is 0 Å². The van der Waals surface area contributed by atoms with E-state index in [1.165, 1.54) is 18.2 Å². The first-order valence-corrected chi connectivity index (χ1v) is 9.75. The summed E-state index contributed by atoms with van der Waals surface area (Å²) in [5.74, 6) is -0.560. The maximum atomic E-state index is 13.3. The molecule has 0 aliphatic carbocycles. The van der Waals surface area contributed by atoms with Gasteiger partial charge in [0.1, 0.15) is 5.82 Å². The highest BCUT2D eigenvalue weighted by Crippen LogP contribution is 2.18. The van der Waals surface area contributed by atoms with Gasteiger partial charge in [-0.25, -0.2) is 17.5 Å². The van der Waals surface area contributed by atoms with E-state index in [1.807, 2.05) is 24.3 Å². The fourth-order valence-electron chi connectivity index (χ4n) is 3.17. The van der Waals surface area contributed by atoms with Gasteiger partial charge in [0.2, 0.25) is 10.0 Å². The zero-order chi connectivity index (χ0) is 17.9. The van der Waals surface area contributed by atoms with Crippen molar-refractivity contribution in [2.75, 3.05) is 18.8 Å². The topological polar surface area (TPSA) is 75.4 Å². The van der Waals surface area contributed by atoms with Crippen LogP contribution in [0.4, 0.5) is 10.1 Å². The normalized spacial score (nSPS) is 18.3. The Morgan fingerprint density at radius 3 is 2.69 bits per heavy atom. The first-order valence-electron chi connectivity index (χ1n) is 8.27. The van der Waals surface area contributed by atoms with Gasteiger partial charge in [0.25, 0.3) is 0 Å². The van der Waals surface area contributed by atoms with E-state index in [4.69, 9.17) is 5.73 Å². The van der Waals surface area contributed by atoms with Crippen LogP contribution in [0.15, 0.2) is 53.4 Å². The largest absolute Gasteiger partial charge is 0.399 e. The molecule has 0 radical (unpaired) electrons. The van der Waals surface area contributed by atoms with E-state index in [9.17, 15) is 12.8 Å². The van der Waals surface area contributed by atoms with Gasteiger partial charge < -0.3 is 5.73 Å². The molecule has 0 spiro atoms. The van der Waals surface area contributed by atoms with Gasteiger partial charge in [0.05, 0.1) is 4.90 Å². The van der Waals surface area contributed by atoms with Crippen molar-refractivity contribution in [3.63, 3.8) is 0 Å². The number of likely N-dealkylation sites (tertiary alicyclic amines) is 1. The summed E-state index contributed by atoms with van der Waals surface area (Å²) in [6.45, 7) is 2.25. The average Bonchev–Trinajstić information content (AvgIpc) is 2.55. The summed E-state index contributed by atoms with van der Waals surface area (Å²) in [6, 6.07) is 12.6. The lowest BCUT2D eigenvalue weighted by atomic mass is 10.1. The van der Waals surface area contributed by atoms with Crippen molar-refractivity contribution in [2.24, 2.45) is 0 Å². The second kappa shape index (κ2) is 8.81. The lowest BCUT2D eigenvalue weighted by Crippen LogP contribution is -2.47. The van der Waals surface area contributed by atoms with Crippen LogP contribution >= 0.6 is 12.4 Å². The average molecular weight is 400 g/mol. The standard InChI is InChI=1S/C18H22FN3O2S.ClH/c19-15-5-2-8-18(11-15)25(23,24)21-17-7-3-9-22(13-17)12-14-4-1-6-16(20)10-14;/h1-2,4-6,8,10-11,17,21H,3,7,9,12-13,20H2;1H. The van der Waals surface area contributed by atoms with Gasteiger partial charge in [-0.1, -0.05) is 18.2 Å². The predicted molar refractivity (Wildman–Crippen MR) is 103 cm³/mol. The smallest absolute Gasteiger partial charge is 0.240 e. The lowest BCUT2D eigenvalue weighted by Gasteiger charge is -2.33. The maximum Gasteiger partial charge on any atom is 0.240 e. The van der Waals surface area contributed by atoms with Crippen LogP contribution in [-0.4, -0.2) is 32.4 Å². The first kappa shape index (κ1) is 20.6. The van der Waals surface area contributed by atoms with E-state index in [-0.39, 0.29) is 23.3 Å². The third kappa shape index (κ3) is 5.41. The number of halogens is 2. The SMILES string of the molecule is Cl.Nc1cccc(CN2CCCC(NS(=O)(=O)c3cccc(F)c3)C2)c1. The molecule has 0 bridgehead atoms. The highest BCUT2D eigenvalue weighted by molar-refractivity contribution is 7.89. The van der Waals surface area contributed by atoms with Crippen molar-refractivity contribution in [3.05, 3.63) is 59.9 Å². The summed E-state index contributed by atoms with van der Waals surface area (Å²) in [7, 11) is -3.72. The van der Waals surface area contributed by atoms with Gasteiger partial charge in [-0.3, -0.25) is 4.90 Å². The molecule has 5 nitrogen and oxygen atoms in total. The Hall–Kier alpha value is -1.67. The Bertz CT molecular complexity index is 848. The van der Waals surface area contributed by atoms with Crippen molar-refractivity contribution in [3.8, 4) is 0 Å². The maximum absolute atomic E-state index is 13.3. The van der Waals surface area contributed by atoms with E-state index < -0.39 is 15.8 Å². The van der Waals surface area contributed by atoms with Crippen molar-refractivity contribution >= 4 is 28.1 Å². The minimum Gasteiger partial charge on any atom is -0.399 e. The van der Waals surface area contributed by atoms with Crippen LogP contribution in [0.25, 0.3) is 0 Å². The number of nitrogens with two attached hydrogens (primary N) is 1. The number of piperidine rings is 1. The predicted octanol–water partition coefficient (Wildman–Crippen LogP) is 2.77. The highest BCUT2D eigenvalue weighted by Gasteiger charge is 2.25. The number of sulfonamides is 1. The van der Waals surface area contributed by atoms with Gasteiger partial charge in [0.15, 0.2) is 0 Å². The Balaban J connectivity index is 0.00000243. The van der Waals surface area contributed by atoms with E-state index >= 15 is 0 Å². The summed E-state index contributed by atoms with van der Waals surface area (Å²) < 4.78 is 40.9. The van der Waals surface area contributed by atoms with Crippen molar-refractivity contribution in [1.29, 1.82) is 0 Å². The second-order valence-corrected chi connectivity index (χ2v) is 8.11. The van der Waals surface area contributed by atoms with Crippen LogP contribution in [0.3, 0.4) is 0 Å². The quantitative estimate of drug-likeness (QED) is 0.758. The Morgan fingerprint density at radius 1 is 1.19 bits per heavy atom. The molecule has 1 atom stereocenters. The third-order valence-electron chi connectivity index (χ3n) is 4.29. The lowest BCUT2D eigenvalue weighted by molar-refractivity contribution is 0.194. The Kier molecular flexibility index (Phi) is 7.00. The number of nitrogens with one attached hydrogen (secondary N) is 1. The molecule has 1 unspecified atom stereocenters. The van der Waals surface area contributed by atoms with E-state index in [0.29, 0.717) is 6.54 Å². The fourth-order valence-corrected chi connectivity index (χ4v) is 4.46. The summed E-state index contributed by atoms with van der Waals surface area (Å²) in [5.41, 5.74) is 7.64. The minimum absolute atomic E-state index is 0. The first-order chi connectivity index (χ1) is 11.9. The summed E-state index contributed by atoms with van der Waals surface area (Å²) in [4.78, 5) is 2.16. The Labute approximate surface area is 159 Å². The zero-order valence-electron chi connectivity index (χ0n) is 14.3. The number of rotatable bonds is 5. The molecule has 1 aliphatic rings. The van der Waals surface area contributed by atoms with E-state index in [2.05, 4.69) is 9.62 Å². The zero-order valence-corrected chi connectivity index (χ0v) is 15.9. The van der Waals surface area contributed by atoms with Crippen molar-refractivity contribution in [2.45, 2.75) is 30.3 Å². The van der Waals surface area contributed by atoms with Gasteiger partial charge in [-0.2, -0.15) is 0 Å². The number of nitrogens with zero attached hydrogens (tertiary/aromatic N) is 1. The molecule has 1 saturated heterocycles. The van der Waals surface area contributed by atoms with Gasteiger partial charge in [0, 0.05) is 24.8 Å². The second-order valence-electron chi connectivity index (χ2n) is 6.40. The molecule has 142 valence electrons. The van der Waals surface area contributed by atoms with Crippen LogP contribution in [0.5, 0.6) is 0 Å². The van der Waals surface area contributed by atoms with Gasteiger partial charge in [-0.05, 0) is 55.3 Å². The van der Waals surface area contributed by atoms with Crippen LogP contribution < -0.4 is 10.5 Å². The molecule has 0 aromatic heterocycles. The Morgan fingerprint density at radius 2 is 1.96 bits per heavy atom. The number of hydrogen-bond acceptors (Lipinski definition) is 4. The van der Waals surface area contributed by atoms with Crippen molar-refractivity contribution in [1.82, 2.24) is 9.62 Å². The number of nitrogen functional groups attached to an aromatic ring is 1. The van der Waals surface area contributed by atoms with Crippen LogP contribution in [0, 0.1) is 5.82 Å². The molecule has 1 fully saturated rings. The summed E-state index contributed by atoms with van der Waals surface area (Å²) in [6.07, 6.45) is 1.67. The molecular weight excluding hydrogens is 377 g/mol. The molecule has 8 heteroatoms. The molecule has 1 heterocycles. The van der Waals surface area contributed by atoms with E-state index in [0.717, 1.165) is 43.2 Å². The molecular formula is C18H23ClFN3O2S. The van der Waals surface area contributed by atoms with Crippen LogP contribution in [0.1, 0.15) is 18.4 Å². The molecule has 3 N–H and O–H groups in total. The highest BCUT2D eigenvalue weighted by atomic mass is 35.5. The molecule has 0 amide bonds. The molecule has 3 rings (SSSR count). The molecule has 2 aromatic carbocycles. The van der Waals surface area contributed by atoms with Crippen molar-refractivity contribution < 1.29 is 12.8 Å². The minimum atomic E-state index is -3.72. The number of benzene rings is 2. The van der Waals surface area contributed by atoms with E-state index in [1.54, 1.807) is 0 Å². The fraction of sp³-hybridized carbons (Fsp3) is 0.333. The monoisotopic (exact) mass is 399 g/mol. The number of anilines is 1. The molecule has 2 aromatic rings. The van der Waals surface area contributed by atoms with Crippen LogP contribution in [-0.2, 0) is 16.6 Å². The van der Waals surface area contributed by atoms with Crippen LogP contribution in [0.2, 0.25) is 0 Å².